The summed E-state index contributed by atoms with van der Waals surface area (Å²) in [5.74, 6) is -0.944. The Hall–Kier alpha value is -2.76. The Morgan fingerprint density at radius 3 is 1.39 bits per heavy atom. The molecular formula is C32H36O4. The van der Waals surface area contributed by atoms with E-state index in [1.807, 2.05) is 27.7 Å². The molecule has 4 aromatic rings. The summed E-state index contributed by atoms with van der Waals surface area (Å²) >= 11 is 0. The smallest absolute Gasteiger partial charge is 0.223 e. The van der Waals surface area contributed by atoms with Crippen LogP contribution in [0.4, 0.5) is 0 Å². The van der Waals surface area contributed by atoms with E-state index in [-0.39, 0.29) is 0 Å². The van der Waals surface area contributed by atoms with Crippen LogP contribution in [0, 0.1) is 0 Å². The van der Waals surface area contributed by atoms with Crippen LogP contribution in [-0.4, -0.2) is 5.79 Å². The van der Waals surface area contributed by atoms with Gasteiger partial charge in [0.25, 0.3) is 0 Å². The van der Waals surface area contributed by atoms with Gasteiger partial charge < -0.3 is 0 Å². The Morgan fingerprint density at radius 1 is 0.528 bits per heavy atom. The van der Waals surface area contributed by atoms with Gasteiger partial charge in [0.2, 0.25) is 5.79 Å². The van der Waals surface area contributed by atoms with Crippen LogP contribution in [0.1, 0.15) is 70.9 Å². The summed E-state index contributed by atoms with van der Waals surface area (Å²) in [6.45, 7) is 8.09. The van der Waals surface area contributed by atoms with E-state index in [9.17, 15) is 0 Å². The lowest BCUT2D eigenvalue weighted by atomic mass is 9.94. The van der Waals surface area contributed by atoms with Crippen molar-refractivity contribution in [2.45, 2.75) is 76.8 Å². The van der Waals surface area contributed by atoms with Gasteiger partial charge in [-0.05, 0) is 85.3 Å². The third-order valence-corrected chi connectivity index (χ3v) is 7.31. The van der Waals surface area contributed by atoms with Gasteiger partial charge >= 0.3 is 0 Å². The summed E-state index contributed by atoms with van der Waals surface area (Å²) in [5.41, 5.74) is 0.770. The van der Waals surface area contributed by atoms with Crippen LogP contribution in [0.25, 0.3) is 21.5 Å². The molecule has 0 heterocycles. The first-order valence-electron chi connectivity index (χ1n) is 13.0. The third-order valence-electron chi connectivity index (χ3n) is 7.31. The van der Waals surface area contributed by atoms with Crippen LogP contribution in [0.3, 0.4) is 0 Å². The molecule has 4 aromatic carbocycles. The zero-order valence-electron chi connectivity index (χ0n) is 21.8. The Balaban J connectivity index is 1.31. The Labute approximate surface area is 214 Å². The molecular weight excluding hydrogens is 448 g/mol. The van der Waals surface area contributed by atoms with E-state index in [0.717, 1.165) is 30.4 Å². The second-order valence-electron chi connectivity index (χ2n) is 10.9. The van der Waals surface area contributed by atoms with Crippen LogP contribution < -0.4 is 0 Å². The molecule has 0 atom stereocenters. The number of fused-ring (bicyclic) bond motifs is 2. The van der Waals surface area contributed by atoms with Crippen LogP contribution in [0.15, 0.2) is 84.9 Å². The quantitative estimate of drug-likeness (QED) is 0.142. The molecule has 0 aromatic heterocycles. The number of benzene rings is 4. The summed E-state index contributed by atoms with van der Waals surface area (Å²) in [6, 6.07) is 29.4. The van der Waals surface area contributed by atoms with Gasteiger partial charge in [0.15, 0.2) is 0 Å². The number of rotatable bonds is 8. The molecule has 0 spiro atoms. The van der Waals surface area contributed by atoms with Crippen LogP contribution in [0.2, 0.25) is 0 Å². The highest BCUT2D eigenvalue weighted by atomic mass is 17.3. The Morgan fingerprint density at radius 2 is 0.944 bits per heavy atom. The van der Waals surface area contributed by atoms with E-state index in [4.69, 9.17) is 19.6 Å². The van der Waals surface area contributed by atoms with Crippen LogP contribution in [0.5, 0.6) is 0 Å². The first kappa shape index (κ1) is 24.9. The van der Waals surface area contributed by atoms with E-state index in [1.165, 1.54) is 21.5 Å². The molecule has 0 aliphatic heterocycles. The molecule has 0 N–H and O–H groups in total. The van der Waals surface area contributed by atoms with E-state index >= 15 is 0 Å². The topological polar surface area (TPSA) is 36.9 Å². The minimum atomic E-state index is -0.944. The minimum Gasteiger partial charge on any atom is -0.223 e. The average Bonchev–Trinajstić information content (AvgIpc) is 2.91. The fraction of sp³-hybridized carbons (Fsp3) is 0.375. The van der Waals surface area contributed by atoms with E-state index < -0.39 is 17.0 Å². The third kappa shape index (κ3) is 5.33. The fourth-order valence-corrected chi connectivity index (χ4v) is 4.86. The number of hydrogen-bond acceptors (Lipinski definition) is 4. The molecule has 0 amide bonds. The van der Waals surface area contributed by atoms with Crippen LogP contribution in [-0.2, 0) is 30.8 Å². The normalized spacial score (nSPS) is 16.4. The van der Waals surface area contributed by atoms with Gasteiger partial charge in [-0.3, -0.25) is 0 Å². The molecule has 1 aliphatic rings. The summed E-state index contributed by atoms with van der Waals surface area (Å²) < 4.78 is 0. The van der Waals surface area contributed by atoms with E-state index in [1.54, 1.807) is 0 Å². The highest BCUT2D eigenvalue weighted by Gasteiger charge is 2.41. The van der Waals surface area contributed by atoms with Crippen LogP contribution >= 0.6 is 0 Å². The zero-order chi connectivity index (χ0) is 25.2. The maximum atomic E-state index is 6.16. The molecule has 1 saturated carbocycles. The standard InChI is InChI=1S/C32H36O4/c1-30(2,28-18-16-24-12-6-8-14-26(24)22-28)33-35-32(20-10-5-11-21-32)36-34-31(3,4)29-19-17-25-13-7-9-15-27(25)23-29/h6-9,12-19,22-23H,5,10-11,20-21H2,1-4H3. The van der Waals surface area contributed by atoms with E-state index in [2.05, 4.69) is 84.9 Å². The Bertz CT molecular complexity index is 1240. The van der Waals surface area contributed by atoms with Crippen molar-refractivity contribution in [2.24, 2.45) is 0 Å². The van der Waals surface area contributed by atoms with E-state index in [0.29, 0.717) is 12.8 Å². The Kier molecular flexibility index (Phi) is 6.88. The van der Waals surface area contributed by atoms with Gasteiger partial charge in [-0.2, -0.15) is 9.78 Å². The molecule has 0 saturated heterocycles. The molecule has 0 radical (unpaired) electrons. The molecule has 36 heavy (non-hydrogen) atoms. The summed E-state index contributed by atoms with van der Waals surface area (Å²) in [6.07, 6.45) is 4.58. The maximum Gasteiger partial charge on any atom is 0.234 e. The van der Waals surface area contributed by atoms with Gasteiger partial charge in [0.05, 0.1) is 0 Å². The van der Waals surface area contributed by atoms with Gasteiger partial charge in [-0.1, -0.05) is 79.2 Å². The molecule has 1 aliphatic carbocycles. The summed E-state index contributed by atoms with van der Waals surface area (Å²) in [7, 11) is 0. The van der Waals surface area contributed by atoms with Crippen molar-refractivity contribution >= 4 is 21.5 Å². The van der Waals surface area contributed by atoms with Crippen molar-refractivity contribution in [3.05, 3.63) is 96.1 Å². The van der Waals surface area contributed by atoms with Crippen molar-refractivity contribution in [1.82, 2.24) is 0 Å². The molecule has 188 valence electrons. The lowest BCUT2D eigenvalue weighted by Crippen LogP contribution is -2.42. The van der Waals surface area contributed by atoms with Gasteiger partial charge in [-0.25, -0.2) is 9.78 Å². The number of hydrogen-bond donors (Lipinski definition) is 0. The first-order chi connectivity index (χ1) is 17.3. The van der Waals surface area contributed by atoms with Gasteiger partial charge in [-0.15, -0.1) is 0 Å². The summed E-state index contributed by atoms with van der Waals surface area (Å²) in [5, 5.41) is 4.76. The molecule has 5 rings (SSSR count). The van der Waals surface area contributed by atoms with Crippen molar-refractivity contribution < 1.29 is 19.6 Å². The van der Waals surface area contributed by atoms with Gasteiger partial charge in [0.1, 0.15) is 11.2 Å². The summed E-state index contributed by atoms with van der Waals surface area (Å²) in [4.78, 5) is 24.6. The SMILES string of the molecule is CC(C)(OOC1(OOC(C)(C)c2ccc3ccccc3c2)CCCCC1)c1ccc2ccccc2c1. The average molecular weight is 485 g/mol. The van der Waals surface area contributed by atoms with Crippen molar-refractivity contribution in [3.63, 3.8) is 0 Å². The monoisotopic (exact) mass is 484 g/mol. The fourth-order valence-electron chi connectivity index (χ4n) is 4.86. The lowest BCUT2D eigenvalue weighted by molar-refractivity contribution is -0.551. The molecule has 0 unspecified atom stereocenters. The van der Waals surface area contributed by atoms with Crippen molar-refractivity contribution in [2.75, 3.05) is 0 Å². The molecule has 0 bridgehead atoms. The minimum absolute atomic E-state index is 0.661. The molecule has 4 nitrogen and oxygen atoms in total. The maximum absolute atomic E-state index is 6.16. The van der Waals surface area contributed by atoms with Crippen molar-refractivity contribution in [3.8, 4) is 0 Å². The predicted octanol–water partition coefficient (Wildman–Crippen LogP) is 8.72. The molecule has 4 heteroatoms. The second-order valence-corrected chi connectivity index (χ2v) is 10.9. The second kappa shape index (κ2) is 9.95. The zero-order valence-corrected chi connectivity index (χ0v) is 21.8. The predicted molar refractivity (Wildman–Crippen MR) is 144 cm³/mol. The molecule has 1 fully saturated rings. The largest absolute Gasteiger partial charge is 0.234 e. The van der Waals surface area contributed by atoms with Gasteiger partial charge in [0, 0.05) is 12.8 Å². The highest BCUT2D eigenvalue weighted by Crippen LogP contribution is 2.39. The first-order valence-corrected chi connectivity index (χ1v) is 13.0. The lowest BCUT2D eigenvalue weighted by Gasteiger charge is -2.39. The highest BCUT2D eigenvalue weighted by molar-refractivity contribution is 5.83. The van der Waals surface area contributed by atoms with Crippen molar-refractivity contribution in [1.29, 1.82) is 0 Å².